The first-order valence-electron chi connectivity index (χ1n) is 9.45. The van der Waals surface area contributed by atoms with Crippen molar-refractivity contribution in [2.75, 3.05) is 6.79 Å². The summed E-state index contributed by atoms with van der Waals surface area (Å²) in [5.74, 6) is -1.43. The number of carbonyl (C=O) groups excluding carboxylic acids is 1. The minimum Gasteiger partial charge on any atom is -0.454 e. The maximum atomic E-state index is 13.1. The number of thiophene rings is 1. The SMILES string of the molecule is O=C1OC(O)(c2ccc3c(c2)OCO3)C(Cc2ccsc2)=C1c1ccc2nsnc2c1. The third-order valence-corrected chi connectivity index (χ3v) is 6.71. The summed E-state index contributed by atoms with van der Waals surface area (Å²) in [6.45, 7) is 0.113. The average molecular weight is 450 g/mol. The molecule has 9 heteroatoms. The highest BCUT2D eigenvalue weighted by Crippen LogP contribution is 2.47. The summed E-state index contributed by atoms with van der Waals surface area (Å²) in [5.41, 5.74) is 4.26. The molecule has 0 saturated heterocycles. The second-order valence-electron chi connectivity index (χ2n) is 7.23. The van der Waals surface area contributed by atoms with E-state index in [0.29, 0.717) is 45.7 Å². The van der Waals surface area contributed by atoms with Crippen molar-refractivity contribution in [1.29, 1.82) is 0 Å². The van der Waals surface area contributed by atoms with E-state index in [-0.39, 0.29) is 6.79 Å². The molecule has 0 bridgehead atoms. The highest BCUT2D eigenvalue weighted by Gasteiger charge is 2.48. The van der Waals surface area contributed by atoms with Crippen molar-refractivity contribution >= 4 is 45.6 Å². The van der Waals surface area contributed by atoms with Crippen molar-refractivity contribution < 1.29 is 24.1 Å². The third-order valence-electron chi connectivity index (χ3n) is 5.42. The molecule has 1 atom stereocenters. The van der Waals surface area contributed by atoms with E-state index >= 15 is 0 Å². The smallest absolute Gasteiger partial charge is 0.342 e. The fraction of sp³-hybridized carbons (Fsp3) is 0.136. The number of aliphatic hydroxyl groups is 1. The van der Waals surface area contributed by atoms with Crippen molar-refractivity contribution in [3.8, 4) is 11.5 Å². The molecule has 4 aromatic rings. The number of rotatable bonds is 4. The van der Waals surface area contributed by atoms with Gasteiger partial charge in [-0.05, 0) is 58.3 Å². The van der Waals surface area contributed by atoms with E-state index in [4.69, 9.17) is 14.2 Å². The van der Waals surface area contributed by atoms with Gasteiger partial charge in [0, 0.05) is 17.6 Å². The molecule has 2 aromatic heterocycles. The van der Waals surface area contributed by atoms with Gasteiger partial charge in [-0.1, -0.05) is 6.07 Å². The molecule has 2 aliphatic rings. The second kappa shape index (κ2) is 6.88. The Morgan fingerprint density at radius 2 is 1.90 bits per heavy atom. The minimum absolute atomic E-state index is 0.113. The highest BCUT2D eigenvalue weighted by molar-refractivity contribution is 7.08. The van der Waals surface area contributed by atoms with Crippen LogP contribution in [-0.4, -0.2) is 26.6 Å². The lowest BCUT2D eigenvalue weighted by Gasteiger charge is -2.25. The summed E-state index contributed by atoms with van der Waals surface area (Å²) in [7, 11) is 0. The molecule has 4 heterocycles. The molecule has 0 amide bonds. The number of aromatic nitrogens is 2. The summed E-state index contributed by atoms with van der Waals surface area (Å²) < 4.78 is 25.0. The Morgan fingerprint density at radius 3 is 2.77 bits per heavy atom. The molecule has 0 spiro atoms. The largest absolute Gasteiger partial charge is 0.454 e. The number of hydrogen-bond donors (Lipinski definition) is 1. The van der Waals surface area contributed by atoms with E-state index < -0.39 is 11.8 Å². The van der Waals surface area contributed by atoms with Gasteiger partial charge in [-0.2, -0.15) is 20.1 Å². The molecule has 1 unspecified atom stereocenters. The van der Waals surface area contributed by atoms with E-state index in [9.17, 15) is 9.90 Å². The van der Waals surface area contributed by atoms with Gasteiger partial charge in [-0.3, -0.25) is 0 Å². The van der Waals surface area contributed by atoms with Crippen molar-refractivity contribution in [2.45, 2.75) is 12.2 Å². The van der Waals surface area contributed by atoms with Crippen molar-refractivity contribution in [3.05, 3.63) is 75.5 Å². The predicted octanol–water partition coefficient (Wildman–Crippen LogP) is 3.88. The molecule has 0 aliphatic carbocycles. The van der Waals surface area contributed by atoms with Crippen molar-refractivity contribution in [2.24, 2.45) is 0 Å². The number of ether oxygens (including phenoxy) is 3. The normalized spacial score (nSPS) is 20.0. The van der Waals surface area contributed by atoms with E-state index in [1.165, 1.54) is 0 Å². The van der Waals surface area contributed by atoms with E-state index in [2.05, 4.69) is 8.75 Å². The second-order valence-corrected chi connectivity index (χ2v) is 8.54. The summed E-state index contributed by atoms with van der Waals surface area (Å²) in [6, 6.07) is 12.4. The fourth-order valence-corrected chi connectivity index (χ4v) is 5.10. The Bertz CT molecular complexity index is 1360. The summed E-state index contributed by atoms with van der Waals surface area (Å²) in [5, 5.41) is 15.7. The maximum Gasteiger partial charge on any atom is 0.342 e. The highest BCUT2D eigenvalue weighted by atomic mass is 32.1. The predicted molar refractivity (Wildman–Crippen MR) is 115 cm³/mol. The molecular formula is C22H14N2O5S2. The molecule has 154 valence electrons. The zero-order valence-corrected chi connectivity index (χ0v) is 17.5. The monoisotopic (exact) mass is 450 g/mol. The lowest BCUT2D eigenvalue weighted by Crippen LogP contribution is -2.29. The maximum absolute atomic E-state index is 13.1. The fourth-order valence-electron chi connectivity index (χ4n) is 3.92. The lowest BCUT2D eigenvalue weighted by atomic mass is 9.88. The number of nitrogens with zero attached hydrogens (tertiary/aromatic N) is 2. The Labute approximate surface area is 184 Å². The van der Waals surface area contributed by atoms with Crippen LogP contribution in [0.3, 0.4) is 0 Å². The van der Waals surface area contributed by atoms with Crippen LogP contribution in [0.1, 0.15) is 16.7 Å². The third kappa shape index (κ3) is 2.93. The average Bonchev–Trinajstić information content (AvgIpc) is 3.55. The molecule has 31 heavy (non-hydrogen) atoms. The van der Waals surface area contributed by atoms with Gasteiger partial charge in [0.15, 0.2) is 11.5 Å². The Balaban J connectivity index is 1.54. The number of esters is 1. The zero-order valence-electron chi connectivity index (χ0n) is 15.9. The van der Waals surface area contributed by atoms with E-state index in [1.54, 1.807) is 41.7 Å². The summed E-state index contributed by atoms with van der Waals surface area (Å²) >= 11 is 2.66. The number of cyclic esters (lactones) is 1. The number of fused-ring (bicyclic) bond motifs is 2. The number of hydrogen-bond acceptors (Lipinski definition) is 9. The van der Waals surface area contributed by atoms with Crippen LogP contribution in [0.4, 0.5) is 0 Å². The standard InChI is InChI=1S/C22H14N2O5S2/c25-21-20(13-1-3-16-17(8-13)24-31-23-16)15(7-12-5-6-30-10-12)22(26,29-21)14-2-4-18-19(9-14)28-11-27-18/h1-6,8-10,26H,7,11H2. The van der Waals surface area contributed by atoms with Gasteiger partial charge in [0.1, 0.15) is 11.0 Å². The summed E-state index contributed by atoms with van der Waals surface area (Å²) in [6.07, 6.45) is 0.350. The van der Waals surface area contributed by atoms with Crippen LogP contribution in [-0.2, 0) is 21.7 Å². The Morgan fingerprint density at radius 1 is 1.03 bits per heavy atom. The first kappa shape index (κ1) is 18.5. The first-order chi connectivity index (χ1) is 15.1. The Hall–Kier alpha value is -3.27. The molecule has 0 radical (unpaired) electrons. The molecule has 2 aliphatic heterocycles. The quantitative estimate of drug-likeness (QED) is 0.472. The van der Waals surface area contributed by atoms with Crippen LogP contribution in [0.2, 0.25) is 0 Å². The molecule has 0 saturated carbocycles. The van der Waals surface area contributed by atoms with Gasteiger partial charge in [-0.15, -0.1) is 0 Å². The topological polar surface area (TPSA) is 90.8 Å². The van der Waals surface area contributed by atoms with Crippen LogP contribution in [0.15, 0.2) is 58.8 Å². The number of carbonyl (C=O) groups is 1. The van der Waals surface area contributed by atoms with Gasteiger partial charge in [-0.25, -0.2) is 4.79 Å². The van der Waals surface area contributed by atoms with E-state index in [1.807, 2.05) is 22.9 Å². The minimum atomic E-state index is -1.93. The molecular weight excluding hydrogens is 436 g/mol. The molecule has 6 rings (SSSR count). The molecule has 1 N–H and O–H groups in total. The van der Waals surface area contributed by atoms with Gasteiger partial charge in [0.05, 0.1) is 17.3 Å². The molecule has 2 aromatic carbocycles. The van der Waals surface area contributed by atoms with Gasteiger partial charge < -0.3 is 19.3 Å². The van der Waals surface area contributed by atoms with Crippen LogP contribution in [0, 0.1) is 0 Å². The van der Waals surface area contributed by atoms with Gasteiger partial charge >= 0.3 is 5.97 Å². The van der Waals surface area contributed by atoms with E-state index in [0.717, 1.165) is 22.8 Å². The van der Waals surface area contributed by atoms with Crippen LogP contribution in [0.5, 0.6) is 11.5 Å². The molecule has 7 nitrogen and oxygen atoms in total. The van der Waals surface area contributed by atoms with Gasteiger partial charge in [0.2, 0.25) is 6.79 Å². The summed E-state index contributed by atoms with van der Waals surface area (Å²) in [4.78, 5) is 13.1. The Kier molecular flexibility index (Phi) is 4.10. The van der Waals surface area contributed by atoms with Gasteiger partial charge in [0.25, 0.3) is 5.79 Å². The van der Waals surface area contributed by atoms with Crippen molar-refractivity contribution in [3.63, 3.8) is 0 Å². The lowest BCUT2D eigenvalue weighted by molar-refractivity contribution is -0.185. The van der Waals surface area contributed by atoms with Crippen LogP contribution < -0.4 is 9.47 Å². The first-order valence-corrected chi connectivity index (χ1v) is 11.1. The van der Waals surface area contributed by atoms with Crippen molar-refractivity contribution in [1.82, 2.24) is 8.75 Å². The number of benzene rings is 2. The van der Waals surface area contributed by atoms with Crippen LogP contribution >= 0.6 is 23.1 Å². The van der Waals surface area contributed by atoms with Crippen LogP contribution in [0.25, 0.3) is 16.6 Å². The molecule has 0 fully saturated rings. The zero-order chi connectivity index (χ0) is 21.0.